The first-order valence-electron chi connectivity index (χ1n) is 19.9. The molecule has 4 aliphatic heterocycles. The first kappa shape index (κ1) is 40.0. The number of likely N-dealkylation sites (tertiary alicyclic amines) is 2. The van der Waals surface area contributed by atoms with Crippen LogP contribution in [0.5, 0.6) is 0 Å². The fraction of sp³-hybridized carbons (Fsp3) is 0.447. The van der Waals surface area contributed by atoms with Gasteiger partial charge in [0.15, 0.2) is 0 Å². The summed E-state index contributed by atoms with van der Waals surface area (Å²) in [5.41, 5.74) is -4.78. The summed E-state index contributed by atoms with van der Waals surface area (Å²) in [5.74, 6) is -3.24. The molecule has 59 heavy (non-hydrogen) atoms. The van der Waals surface area contributed by atoms with Crippen LogP contribution in [0.2, 0.25) is 0 Å². The molecule has 12 nitrogen and oxygen atoms in total. The van der Waals surface area contributed by atoms with Gasteiger partial charge in [-0.05, 0) is 111 Å². The minimum Gasteiger partial charge on any atom is -0.285 e. The minimum absolute atomic E-state index is 0.392. The largest absolute Gasteiger partial charge is 0.285 e. The van der Waals surface area contributed by atoms with Gasteiger partial charge in [-0.1, -0.05) is 59.7 Å². The molecule has 306 valence electrons. The number of fused-ring (bicyclic) bond motifs is 8. The maximum Gasteiger partial charge on any atom is 0.241 e. The maximum atomic E-state index is 13.8. The monoisotopic (exact) mass is 798 g/mol. The highest BCUT2D eigenvalue weighted by Crippen LogP contribution is 2.85. The first-order valence-corrected chi connectivity index (χ1v) is 19.9. The Kier molecular flexibility index (Phi) is 7.79. The van der Waals surface area contributed by atoms with E-state index in [1.54, 1.807) is 79.7 Å². The van der Waals surface area contributed by atoms with Crippen molar-refractivity contribution in [2.75, 3.05) is 23.9 Å². The van der Waals surface area contributed by atoms with Gasteiger partial charge in [0.1, 0.15) is 0 Å². The molecule has 2 saturated carbocycles. The van der Waals surface area contributed by atoms with Gasteiger partial charge >= 0.3 is 0 Å². The van der Waals surface area contributed by atoms with Crippen molar-refractivity contribution in [3.63, 3.8) is 0 Å². The molecule has 8 amide bonds. The number of anilines is 2. The second kappa shape index (κ2) is 11.5. The van der Waals surface area contributed by atoms with E-state index in [0.717, 1.165) is 32.2 Å². The molecule has 2 aliphatic carbocycles. The van der Waals surface area contributed by atoms with Gasteiger partial charge in [-0.25, -0.2) is 9.80 Å². The van der Waals surface area contributed by atoms with Gasteiger partial charge in [-0.2, -0.15) is 0 Å². The second-order valence-electron chi connectivity index (χ2n) is 18.9. The fourth-order valence-corrected chi connectivity index (χ4v) is 12.8. The van der Waals surface area contributed by atoms with Gasteiger partial charge in [0.05, 0.1) is 54.7 Å². The highest BCUT2D eigenvalue weighted by molar-refractivity contribution is 6.34. The predicted molar refractivity (Wildman–Crippen MR) is 217 cm³/mol. The molecule has 0 bridgehead atoms. The molecule has 6 fully saturated rings. The Morgan fingerprint density at radius 2 is 0.542 bits per heavy atom. The van der Waals surface area contributed by atoms with Crippen molar-refractivity contribution in [2.45, 2.75) is 75.7 Å². The van der Waals surface area contributed by atoms with E-state index in [9.17, 15) is 38.4 Å². The number of nitrogens with zero attached hydrogens (tertiary/aromatic N) is 4. The van der Waals surface area contributed by atoms with Crippen molar-refractivity contribution in [1.82, 2.24) is 9.80 Å². The molecule has 0 N–H and O–H groups in total. The number of benzene rings is 3. The lowest BCUT2D eigenvalue weighted by atomic mass is 9.27. The van der Waals surface area contributed by atoms with Gasteiger partial charge in [0.2, 0.25) is 47.3 Å². The molecule has 9 rings (SSSR count). The summed E-state index contributed by atoms with van der Waals surface area (Å²) in [5, 5.41) is 0. The van der Waals surface area contributed by atoms with Crippen LogP contribution < -0.4 is 9.80 Å². The van der Waals surface area contributed by atoms with Crippen LogP contribution in [-0.2, 0) is 44.8 Å². The second-order valence-corrected chi connectivity index (χ2v) is 18.9. The summed E-state index contributed by atoms with van der Waals surface area (Å²) in [6, 6.07) is 22.8. The van der Waals surface area contributed by atoms with Crippen LogP contribution >= 0.6 is 0 Å². The molecular formula is C47H50N4O8. The van der Waals surface area contributed by atoms with E-state index in [1.165, 1.54) is 30.1 Å². The van der Waals surface area contributed by atoms with Crippen molar-refractivity contribution in [1.29, 1.82) is 0 Å². The van der Waals surface area contributed by atoms with E-state index < -0.39 is 90.6 Å². The van der Waals surface area contributed by atoms with Gasteiger partial charge in [0.25, 0.3) is 0 Å². The summed E-state index contributed by atoms with van der Waals surface area (Å²) >= 11 is 0. The lowest BCUT2D eigenvalue weighted by Crippen LogP contribution is -2.77. The summed E-state index contributed by atoms with van der Waals surface area (Å²) in [6.45, 7) is 17.3. The molecule has 6 aliphatic rings. The molecule has 8 unspecified atom stereocenters. The number of amides is 8. The molecule has 0 aromatic heterocycles. The molecule has 3 aromatic rings. The number of carbonyl (C=O) groups excluding carboxylic acids is 8. The Morgan fingerprint density at radius 3 is 0.814 bits per heavy atom. The Bertz CT molecular complexity index is 2410. The number of hydrogen-bond acceptors (Lipinski definition) is 8. The SMILES string of the molecule is Cc1ccc(Cc2ccc(N3C(=O)C4(C)C5(C)C(=O)N(C)C(=O)C5(C)C4(C)C3=O)cc2)cc1.Cc1ccc(N2C(=O)C3(C)C4(C)C(=O)N(C)C(=O)C4(C)C3(C)C2=O)cc1. The average molecular weight is 799 g/mol. The van der Waals surface area contributed by atoms with Gasteiger partial charge in [0, 0.05) is 14.1 Å². The fourth-order valence-electron chi connectivity index (χ4n) is 12.8. The number of rotatable bonds is 4. The van der Waals surface area contributed by atoms with E-state index in [4.69, 9.17) is 0 Å². The van der Waals surface area contributed by atoms with Gasteiger partial charge in [-0.15, -0.1) is 0 Å². The summed E-state index contributed by atoms with van der Waals surface area (Å²) in [4.78, 5) is 111. The van der Waals surface area contributed by atoms with Gasteiger partial charge in [-0.3, -0.25) is 48.2 Å². The van der Waals surface area contributed by atoms with E-state index in [1.807, 2.05) is 38.1 Å². The zero-order valence-electron chi connectivity index (χ0n) is 35.7. The molecule has 3 aromatic carbocycles. The van der Waals surface area contributed by atoms with Crippen LogP contribution in [0.4, 0.5) is 11.4 Å². The first-order chi connectivity index (χ1) is 27.3. The summed E-state index contributed by atoms with van der Waals surface area (Å²) < 4.78 is 0. The number of carbonyl (C=O) groups is 8. The Hall–Kier alpha value is -5.78. The predicted octanol–water partition coefficient (Wildman–Crippen LogP) is 5.40. The van der Waals surface area contributed by atoms with Crippen LogP contribution in [0.3, 0.4) is 0 Å². The summed E-state index contributed by atoms with van der Waals surface area (Å²) in [6.07, 6.45) is 0.739. The zero-order chi connectivity index (χ0) is 43.6. The Morgan fingerprint density at radius 1 is 0.339 bits per heavy atom. The highest BCUT2D eigenvalue weighted by Gasteiger charge is 2.98. The van der Waals surface area contributed by atoms with Crippen molar-refractivity contribution < 1.29 is 38.4 Å². The zero-order valence-corrected chi connectivity index (χ0v) is 35.7. The maximum absolute atomic E-state index is 13.8. The smallest absolute Gasteiger partial charge is 0.241 e. The van der Waals surface area contributed by atoms with E-state index in [0.29, 0.717) is 11.4 Å². The van der Waals surface area contributed by atoms with Crippen LogP contribution in [0.25, 0.3) is 0 Å². The van der Waals surface area contributed by atoms with Crippen molar-refractivity contribution in [3.8, 4) is 0 Å². The van der Waals surface area contributed by atoms with Crippen molar-refractivity contribution >= 4 is 58.6 Å². The molecule has 4 heterocycles. The molecule has 8 atom stereocenters. The lowest BCUT2D eigenvalue weighted by molar-refractivity contribution is -0.243. The third-order valence-electron chi connectivity index (χ3n) is 17.5. The minimum atomic E-state index is -1.30. The summed E-state index contributed by atoms with van der Waals surface area (Å²) in [7, 11) is 2.86. The van der Waals surface area contributed by atoms with Crippen LogP contribution in [0.15, 0.2) is 72.8 Å². The van der Waals surface area contributed by atoms with Gasteiger partial charge < -0.3 is 0 Å². The van der Waals surface area contributed by atoms with E-state index >= 15 is 0 Å². The van der Waals surface area contributed by atoms with Crippen LogP contribution in [-0.4, -0.2) is 71.2 Å². The third kappa shape index (κ3) is 3.72. The molecule has 4 saturated heterocycles. The molecule has 12 heteroatoms. The quantitative estimate of drug-likeness (QED) is 0.319. The van der Waals surface area contributed by atoms with Crippen LogP contribution in [0, 0.1) is 57.2 Å². The molecule has 0 radical (unpaired) electrons. The van der Waals surface area contributed by atoms with Crippen LogP contribution in [0.1, 0.15) is 77.6 Å². The Labute approximate surface area is 343 Å². The molecular weight excluding hydrogens is 749 g/mol. The van der Waals surface area contributed by atoms with Crippen molar-refractivity contribution in [2.24, 2.45) is 43.3 Å². The highest BCUT2D eigenvalue weighted by atomic mass is 16.2. The Balaban J connectivity index is 0.000000169. The average Bonchev–Trinajstić information content (AvgIpc) is 3.59. The standard InChI is InChI=1S/C27H28N2O4.C20H22N2O4/c1-16-7-9-17(10-8-16)15-18-11-13-19(14-12-18)29-22(32)26(4)24(2)20(30)28(6)21(31)25(24,3)27(26,5)23(29)33;1-11-7-9-12(10-8-11)22-15(25)19(4)17(2)13(23)21(6)14(24)18(17,3)20(19,5)16(22)26/h7-14H,15H2,1-6H3;7-10H,1-6H3. The normalized spacial score (nSPS) is 37.9. The van der Waals surface area contributed by atoms with E-state index in [-0.39, 0.29) is 0 Å². The topological polar surface area (TPSA) is 150 Å². The molecule has 0 spiro atoms. The number of aryl methyl sites for hydroxylation is 2. The lowest BCUT2D eigenvalue weighted by Gasteiger charge is -2.67. The number of imide groups is 4. The van der Waals surface area contributed by atoms with E-state index in [2.05, 4.69) is 24.3 Å². The van der Waals surface area contributed by atoms with Crippen molar-refractivity contribution in [3.05, 3.63) is 95.1 Å². The number of hydrogen-bond donors (Lipinski definition) is 0. The third-order valence-corrected chi connectivity index (χ3v) is 17.5.